The molecule has 222 valence electrons. The fourth-order valence-corrected chi connectivity index (χ4v) is 5.67. The number of hydrogen-bond donors (Lipinski definition) is 1. The number of ketones is 1. The lowest BCUT2D eigenvalue weighted by molar-refractivity contribution is -0.140. The SMILES string of the molecule is COc1ccc(CN(C(=O)CN2C(=O)C(=O)c3ccccc32)[C@@H](C(=O)Nc2ccc(N(C)C)cc2)[C@H]2CC=CCC2)cc1. The molecule has 0 aromatic heterocycles. The zero-order valence-corrected chi connectivity index (χ0v) is 24.7. The summed E-state index contributed by atoms with van der Waals surface area (Å²) < 4.78 is 5.30. The third-order valence-corrected chi connectivity index (χ3v) is 8.02. The Labute approximate surface area is 251 Å². The second kappa shape index (κ2) is 12.9. The van der Waals surface area contributed by atoms with Crippen molar-refractivity contribution in [2.75, 3.05) is 42.9 Å². The quantitative estimate of drug-likeness (QED) is 0.276. The van der Waals surface area contributed by atoms with Crippen molar-refractivity contribution >= 4 is 40.6 Å². The van der Waals surface area contributed by atoms with Gasteiger partial charge < -0.3 is 19.9 Å². The van der Waals surface area contributed by atoms with Crippen molar-refractivity contribution in [1.82, 2.24) is 4.90 Å². The summed E-state index contributed by atoms with van der Waals surface area (Å²) in [4.78, 5) is 58.8. The van der Waals surface area contributed by atoms with Crippen LogP contribution in [-0.4, -0.2) is 62.2 Å². The molecule has 1 aliphatic heterocycles. The molecule has 0 spiro atoms. The van der Waals surface area contributed by atoms with Gasteiger partial charge in [-0.1, -0.05) is 36.4 Å². The lowest BCUT2D eigenvalue weighted by atomic mass is 9.85. The Kier molecular flexibility index (Phi) is 8.90. The molecule has 1 N–H and O–H groups in total. The van der Waals surface area contributed by atoms with E-state index in [0.29, 0.717) is 23.5 Å². The molecular weight excluding hydrogens is 544 g/mol. The van der Waals surface area contributed by atoms with Gasteiger partial charge >= 0.3 is 0 Å². The maximum atomic E-state index is 14.2. The molecule has 1 heterocycles. The maximum absolute atomic E-state index is 14.2. The first-order valence-corrected chi connectivity index (χ1v) is 14.4. The number of methoxy groups -OCH3 is 1. The van der Waals surface area contributed by atoms with E-state index >= 15 is 0 Å². The summed E-state index contributed by atoms with van der Waals surface area (Å²) in [5.74, 6) is -1.58. The van der Waals surface area contributed by atoms with Gasteiger partial charge in [-0.15, -0.1) is 0 Å². The molecule has 9 nitrogen and oxygen atoms in total. The van der Waals surface area contributed by atoms with Crippen LogP contribution < -0.4 is 19.9 Å². The van der Waals surface area contributed by atoms with Gasteiger partial charge in [0.05, 0.1) is 18.4 Å². The first-order chi connectivity index (χ1) is 20.8. The third-order valence-electron chi connectivity index (χ3n) is 8.02. The molecule has 5 rings (SSSR count). The number of ether oxygens (including phenoxy) is 1. The standard InChI is InChI=1S/C34H36N4O5/c1-36(2)26-17-15-25(16-18-26)35-33(41)31(24-9-5-4-6-10-24)38(21-23-13-19-27(43-3)20-14-23)30(39)22-37-29-12-8-7-11-28(29)32(40)34(37)42/h4-5,7-8,11-20,24,31H,6,9-10,21-22H2,1-3H3,(H,35,41)/t24-,31+/m0/s1. The lowest BCUT2D eigenvalue weighted by Crippen LogP contribution is -2.54. The Morgan fingerprint density at radius 1 is 0.977 bits per heavy atom. The number of hydrogen-bond acceptors (Lipinski definition) is 6. The van der Waals surface area contributed by atoms with Gasteiger partial charge in [-0.05, 0) is 79.3 Å². The van der Waals surface area contributed by atoms with Crippen LogP contribution in [0.5, 0.6) is 5.75 Å². The van der Waals surface area contributed by atoms with E-state index in [1.807, 2.05) is 67.5 Å². The third kappa shape index (κ3) is 6.45. The van der Waals surface area contributed by atoms with Crippen LogP contribution in [0.2, 0.25) is 0 Å². The van der Waals surface area contributed by atoms with Crippen molar-refractivity contribution in [2.24, 2.45) is 5.92 Å². The maximum Gasteiger partial charge on any atom is 0.299 e. The summed E-state index contributed by atoms with van der Waals surface area (Å²) in [7, 11) is 5.47. The number of anilines is 3. The zero-order valence-electron chi connectivity index (χ0n) is 24.7. The Bertz CT molecular complexity index is 1530. The number of benzene rings is 3. The molecule has 1 aliphatic carbocycles. The van der Waals surface area contributed by atoms with E-state index in [1.54, 1.807) is 36.3 Å². The average molecular weight is 581 g/mol. The van der Waals surface area contributed by atoms with E-state index in [2.05, 4.69) is 17.5 Å². The Hall–Kier alpha value is -4.92. The number of amides is 3. The van der Waals surface area contributed by atoms with Crippen molar-refractivity contribution in [3.63, 3.8) is 0 Å². The van der Waals surface area contributed by atoms with Gasteiger partial charge in [-0.3, -0.25) is 24.1 Å². The number of carbonyl (C=O) groups excluding carboxylic acids is 4. The smallest absolute Gasteiger partial charge is 0.299 e. The summed E-state index contributed by atoms with van der Waals surface area (Å²) in [6, 6.07) is 20.7. The molecule has 3 amide bonds. The van der Waals surface area contributed by atoms with E-state index in [9.17, 15) is 19.2 Å². The van der Waals surface area contributed by atoms with Crippen molar-refractivity contribution in [1.29, 1.82) is 0 Å². The minimum Gasteiger partial charge on any atom is -0.497 e. The van der Waals surface area contributed by atoms with Crippen LogP contribution in [0.15, 0.2) is 84.9 Å². The number of carbonyl (C=O) groups is 4. The normalized spacial score (nSPS) is 16.4. The van der Waals surface area contributed by atoms with Crippen molar-refractivity contribution in [2.45, 2.75) is 31.8 Å². The topological polar surface area (TPSA) is 99.3 Å². The highest BCUT2D eigenvalue weighted by Gasteiger charge is 2.41. The van der Waals surface area contributed by atoms with Crippen LogP contribution in [0.1, 0.15) is 35.2 Å². The summed E-state index contributed by atoms with van der Waals surface area (Å²) in [6.45, 7) is -0.222. The number of fused-ring (bicyclic) bond motifs is 1. The highest BCUT2D eigenvalue weighted by Crippen LogP contribution is 2.31. The summed E-state index contributed by atoms with van der Waals surface area (Å²) in [5.41, 5.74) is 3.09. The van der Waals surface area contributed by atoms with Gasteiger partial charge in [0, 0.05) is 32.0 Å². The first kappa shape index (κ1) is 29.6. The molecule has 3 aromatic rings. The fourth-order valence-electron chi connectivity index (χ4n) is 5.67. The minimum atomic E-state index is -0.822. The van der Waals surface area contributed by atoms with Crippen molar-refractivity contribution in [3.8, 4) is 5.75 Å². The number of para-hydroxylation sites is 1. The van der Waals surface area contributed by atoms with Gasteiger partial charge in [-0.25, -0.2) is 0 Å². The van der Waals surface area contributed by atoms with Crippen molar-refractivity contribution < 1.29 is 23.9 Å². The number of nitrogens with zero attached hydrogens (tertiary/aromatic N) is 3. The van der Waals surface area contributed by atoms with E-state index < -0.39 is 23.6 Å². The summed E-state index contributed by atoms with van der Waals surface area (Å²) >= 11 is 0. The number of Topliss-reactive ketones (excluding diaryl/α,β-unsaturated/α-hetero) is 1. The van der Waals surface area contributed by atoms with Crippen LogP contribution in [0, 0.1) is 5.92 Å². The van der Waals surface area contributed by atoms with E-state index in [-0.39, 0.29) is 30.5 Å². The van der Waals surface area contributed by atoms with Crippen molar-refractivity contribution in [3.05, 3.63) is 96.1 Å². The average Bonchev–Trinajstić information content (AvgIpc) is 3.26. The number of nitrogens with one attached hydrogen (secondary N) is 1. The fraction of sp³-hybridized carbons (Fsp3) is 0.294. The second-order valence-corrected chi connectivity index (χ2v) is 11.0. The summed E-state index contributed by atoms with van der Waals surface area (Å²) in [6.07, 6.45) is 6.29. The van der Waals surface area contributed by atoms with Crippen LogP contribution in [0.4, 0.5) is 17.1 Å². The molecule has 0 bridgehead atoms. The lowest BCUT2D eigenvalue weighted by Gasteiger charge is -2.37. The van der Waals surface area contributed by atoms with Gasteiger partial charge in [-0.2, -0.15) is 0 Å². The van der Waals surface area contributed by atoms with Gasteiger partial charge in [0.25, 0.3) is 11.7 Å². The van der Waals surface area contributed by atoms with Gasteiger partial charge in [0.1, 0.15) is 18.3 Å². The number of allylic oxidation sites excluding steroid dienone is 2. The predicted octanol–water partition coefficient (Wildman–Crippen LogP) is 4.68. The highest BCUT2D eigenvalue weighted by atomic mass is 16.5. The molecule has 3 aromatic carbocycles. The predicted molar refractivity (Wildman–Crippen MR) is 166 cm³/mol. The zero-order chi connectivity index (χ0) is 30.5. The molecule has 0 radical (unpaired) electrons. The number of rotatable bonds is 10. The molecule has 43 heavy (non-hydrogen) atoms. The molecule has 9 heteroatoms. The van der Waals surface area contributed by atoms with Gasteiger partial charge in [0.15, 0.2) is 0 Å². The van der Waals surface area contributed by atoms with E-state index in [4.69, 9.17) is 4.74 Å². The molecular formula is C34H36N4O5. The van der Waals surface area contributed by atoms with Crippen LogP contribution in [0.3, 0.4) is 0 Å². The van der Waals surface area contributed by atoms with Crippen LogP contribution >= 0.6 is 0 Å². The molecule has 2 atom stereocenters. The minimum absolute atomic E-state index is 0.137. The first-order valence-electron chi connectivity index (χ1n) is 14.4. The molecule has 0 fully saturated rings. The molecule has 0 saturated heterocycles. The monoisotopic (exact) mass is 580 g/mol. The van der Waals surface area contributed by atoms with Crippen LogP contribution in [-0.2, 0) is 20.9 Å². The molecule has 0 unspecified atom stereocenters. The summed E-state index contributed by atoms with van der Waals surface area (Å²) in [5, 5.41) is 3.04. The largest absolute Gasteiger partial charge is 0.497 e. The Morgan fingerprint density at radius 3 is 2.35 bits per heavy atom. The highest BCUT2D eigenvalue weighted by molar-refractivity contribution is 6.52. The molecule has 2 aliphatic rings. The van der Waals surface area contributed by atoms with Crippen LogP contribution in [0.25, 0.3) is 0 Å². The Balaban J connectivity index is 1.49. The molecule has 0 saturated carbocycles. The Morgan fingerprint density at radius 2 is 1.70 bits per heavy atom. The van der Waals surface area contributed by atoms with E-state index in [1.165, 1.54) is 4.90 Å². The van der Waals surface area contributed by atoms with E-state index in [0.717, 1.165) is 24.1 Å². The second-order valence-electron chi connectivity index (χ2n) is 11.0. The van der Waals surface area contributed by atoms with Gasteiger partial charge in [0.2, 0.25) is 11.8 Å².